The van der Waals surface area contributed by atoms with Crippen molar-refractivity contribution in [3.05, 3.63) is 72.3 Å². The lowest BCUT2D eigenvalue weighted by atomic mass is 9.99. The maximum atomic E-state index is 6.61. The molecule has 9 rings (SSSR count). The van der Waals surface area contributed by atoms with Crippen LogP contribution in [0.1, 0.15) is 44.1 Å². The Morgan fingerprint density at radius 2 is 1.02 bits per heavy atom. The second-order valence-corrected chi connectivity index (χ2v) is 12.3. The molecule has 2 fully saturated rings. The largest absolute Gasteiger partial charge is 0.456 e. The molecule has 0 unspecified atom stereocenters. The zero-order chi connectivity index (χ0) is 27.1. The standard InChI is InChI=1S/C37H34N2O2/c1-23-16-34-35(30-19-24-8-10-28(38-12-4-2-5-13-38)17-26(24)21-32(30)40-34)36-31-20-25-9-11-29(39-14-6-3-7-15-39)18-27(25)22-33(31)41-37(23)36/h8-11,16-22H,2-7,12-15H2,1H3. The van der Waals surface area contributed by atoms with Crippen LogP contribution in [0.5, 0.6) is 0 Å². The van der Waals surface area contributed by atoms with Crippen LogP contribution in [-0.4, -0.2) is 26.2 Å². The number of nitrogens with zero attached hydrogens (tertiary/aromatic N) is 2. The molecule has 2 saturated heterocycles. The highest BCUT2D eigenvalue weighted by molar-refractivity contribution is 6.28. The van der Waals surface area contributed by atoms with Gasteiger partial charge in [0.25, 0.3) is 0 Å². The van der Waals surface area contributed by atoms with Crippen molar-refractivity contribution in [2.45, 2.75) is 45.4 Å². The van der Waals surface area contributed by atoms with E-state index < -0.39 is 0 Å². The van der Waals surface area contributed by atoms with Crippen molar-refractivity contribution in [2.24, 2.45) is 0 Å². The van der Waals surface area contributed by atoms with Crippen LogP contribution in [-0.2, 0) is 0 Å². The molecule has 0 spiro atoms. The highest BCUT2D eigenvalue weighted by Gasteiger charge is 2.20. The number of piperidine rings is 2. The molecule has 0 bridgehead atoms. The molecule has 4 nitrogen and oxygen atoms in total. The van der Waals surface area contributed by atoms with Gasteiger partial charge >= 0.3 is 0 Å². The zero-order valence-corrected chi connectivity index (χ0v) is 23.6. The number of anilines is 2. The highest BCUT2D eigenvalue weighted by Crippen LogP contribution is 2.44. The van der Waals surface area contributed by atoms with E-state index in [1.165, 1.54) is 76.8 Å². The summed E-state index contributed by atoms with van der Waals surface area (Å²) in [4.78, 5) is 5.05. The number of benzene rings is 5. The Balaban J connectivity index is 1.24. The van der Waals surface area contributed by atoms with Crippen molar-refractivity contribution >= 4 is 76.8 Å². The Bertz CT molecular complexity index is 2140. The Hall–Kier alpha value is -4.18. The lowest BCUT2D eigenvalue weighted by Crippen LogP contribution is -2.29. The third kappa shape index (κ3) is 3.66. The van der Waals surface area contributed by atoms with Crippen molar-refractivity contribution in [1.82, 2.24) is 0 Å². The van der Waals surface area contributed by atoms with Crippen molar-refractivity contribution in [1.29, 1.82) is 0 Å². The van der Waals surface area contributed by atoms with E-state index in [9.17, 15) is 0 Å². The fourth-order valence-electron chi connectivity index (χ4n) is 7.52. The van der Waals surface area contributed by atoms with E-state index in [4.69, 9.17) is 8.83 Å². The van der Waals surface area contributed by atoms with Gasteiger partial charge in [0.1, 0.15) is 22.3 Å². The van der Waals surface area contributed by atoms with Gasteiger partial charge in [0.15, 0.2) is 0 Å². The minimum absolute atomic E-state index is 0.930. The lowest BCUT2D eigenvalue weighted by Gasteiger charge is -2.29. The molecule has 2 aliphatic heterocycles. The Labute approximate surface area is 239 Å². The van der Waals surface area contributed by atoms with Crippen LogP contribution < -0.4 is 9.80 Å². The van der Waals surface area contributed by atoms with E-state index in [1.54, 1.807) is 0 Å². The minimum Gasteiger partial charge on any atom is -0.456 e. The van der Waals surface area contributed by atoms with E-state index in [0.717, 1.165) is 70.2 Å². The van der Waals surface area contributed by atoms with Crippen LogP contribution in [0.15, 0.2) is 75.6 Å². The summed E-state index contributed by atoms with van der Waals surface area (Å²) in [6, 6.07) is 25.1. The van der Waals surface area contributed by atoms with Crippen molar-refractivity contribution in [2.75, 3.05) is 36.0 Å². The summed E-state index contributed by atoms with van der Waals surface area (Å²) in [6.45, 7) is 6.73. The van der Waals surface area contributed by atoms with Crippen LogP contribution in [0.3, 0.4) is 0 Å². The molecule has 4 heteroatoms. The molecule has 2 aromatic heterocycles. The van der Waals surface area contributed by atoms with Gasteiger partial charge in [-0.1, -0.05) is 12.1 Å². The first kappa shape index (κ1) is 23.5. The second kappa shape index (κ2) is 8.91. The van der Waals surface area contributed by atoms with Gasteiger partial charge in [-0.3, -0.25) is 0 Å². The van der Waals surface area contributed by atoms with Crippen LogP contribution in [0.2, 0.25) is 0 Å². The topological polar surface area (TPSA) is 32.8 Å². The molecule has 204 valence electrons. The summed E-state index contributed by atoms with van der Waals surface area (Å²) in [6.07, 6.45) is 7.81. The van der Waals surface area contributed by atoms with Crippen molar-refractivity contribution in [3.63, 3.8) is 0 Å². The summed E-state index contributed by atoms with van der Waals surface area (Å²) in [5.41, 5.74) is 7.53. The maximum absolute atomic E-state index is 6.61. The molecule has 0 N–H and O–H groups in total. The number of furan rings is 2. The monoisotopic (exact) mass is 538 g/mol. The summed E-state index contributed by atoms with van der Waals surface area (Å²) in [7, 11) is 0. The first-order valence-electron chi connectivity index (χ1n) is 15.4. The average Bonchev–Trinajstić information content (AvgIpc) is 3.56. The lowest BCUT2D eigenvalue weighted by molar-refractivity contribution is 0.578. The van der Waals surface area contributed by atoms with E-state index in [-0.39, 0.29) is 0 Å². The molecule has 5 aromatic carbocycles. The number of fused-ring (bicyclic) bond motifs is 9. The predicted molar refractivity (Wildman–Crippen MR) is 173 cm³/mol. The third-order valence-electron chi connectivity index (χ3n) is 9.69. The van der Waals surface area contributed by atoms with Gasteiger partial charge in [-0.2, -0.15) is 0 Å². The van der Waals surface area contributed by atoms with Crippen LogP contribution in [0, 0.1) is 6.92 Å². The molecule has 0 aliphatic carbocycles. The molecule has 0 atom stereocenters. The molecule has 2 aliphatic rings. The zero-order valence-electron chi connectivity index (χ0n) is 23.6. The van der Waals surface area contributed by atoms with Gasteiger partial charge in [0.05, 0.1) is 0 Å². The Kier molecular flexibility index (Phi) is 5.11. The van der Waals surface area contributed by atoms with Gasteiger partial charge in [-0.05, 0) is 127 Å². The third-order valence-corrected chi connectivity index (χ3v) is 9.69. The van der Waals surface area contributed by atoms with E-state index >= 15 is 0 Å². The Morgan fingerprint density at radius 1 is 0.488 bits per heavy atom. The average molecular weight is 539 g/mol. The number of aryl methyl sites for hydroxylation is 1. The van der Waals surface area contributed by atoms with Crippen LogP contribution >= 0.6 is 0 Å². The van der Waals surface area contributed by atoms with Crippen LogP contribution in [0.25, 0.3) is 65.4 Å². The molecule has 0 saturated carbocycles. The summed E-state index contributed by atoms with van der Waals surface area (Å²) in [5, 5.41) is 9.62. The fourth-order valence-corrected chi connectivity index (χ4v) is 7.52. The number of rotatable bonds is 2. The summed E-state index contributed by atoms with van der Waals surface area (Å²) >= 11 is 0. The van der Waals surface area contributed by atoms with E-state index in [1.807, 2.05) is 0 Å². The van der Waals surface area contributed by atoms with Crippen molar-refractivity contribution in [3.8, 4) is 0 Å². The van der Waals surface area contributed by atoms with Gasteiger partial charge in [-0.25, -0.2) is 0 Å². The Morgan fingerprint density at radius 3 is 1.61 bits per heavy atom. The molecular weight excluding hydrogens is 504 g/mol. The molecule has 0 amide bonds. The van der Waals surface area contributed by atoms with E-state index in [0.29, 0.717) is 0 Å². The number of hydrogen-bond acceptors (Lipinski definition) is 4. The SMILES string of the molecule is Cc1cc2oc3cc4cc(N5CCCCC5)ccc4cc3c2c2c1oc1cc3cc(N4CCCCC4)ccc3cc12. The van der Waals surface area contributed by atoms with Gasteiger partial charge in [0.2, 0.25) is 0 Å². The predicted octanol–water partition coefficient (Wildman–Crippen LogP) is 10.1. The van der Waals surface area contributed by atoms with Gasteiger partial charge < -0.3 is 18.6 Å². The minimum atomic E-state index is 0.930. The van der Waals surface area contributed by atoms with Gasteiger partial charge in [-0.15, -0.1) is 0 Å². The molecule has 4 heterocycles. The van der Waals surface area contributed by atoms with E-state index in [2.05, 4.69) is 83.5 Å². The quantitative estimate of drug-likeness (QED) is 0.219. The van der Waals surface area contributed by atoms with Gasteiger partial charge in [0, 0.05) is 59.1 Å². The summed E-state index contributed by atoms with van der Waals surface area (Å²) < 4.78 is 13.2. The highest BCUT2D eigenvalue weighted by atomic mass is 16.3. The molecular formula is C37H34N2O2. The molecule has 41 heavy (non-hydrogen) atoms. The first-order chi connectivity index (χ1) is 20.2. The van der Waals surface area contributed by atoms with Crippen LogP contribution in [0.4, 0.5) is 11.4 Å². The molecule has 7 aromatic rings. The normalized spacial score (nSPS) is 16.8. The number of hydrogen-bond donors (Lipinski definition) is 0. The maximum Gasteiger partial charge on any atom is 0.139 e. The molecule has 0 radical (unpaired) electrons. The summed E-state index contributed by atoms with van der Waals surface area (Å²) in [5.74, 6) is 0. The fraction of sp³-hybridized carbons (Fsp3) is 0.297. The second-order valence-electron chi connectivity index (χ2n) is 12.3. The first-order valence-corrected chi connectivity index (χ1v) is 15.4. The smallest absolute Gasteiger partial charge is 0.139 e. The van der Waals surface area contributed by atoms with Crippen molar-refractivity contribution < 1.29 is 8.83 Å².